The van der Waals surface area contributed by atoms with Crippen LogP contribution in [0.4, 0.5) is 0 Å². The van der Waals surface area contributed by atoms with Crippen molar-refractivity contribution in [1.82, 2.24) is 0 Å². The lowest BCUT2D eigenvalue weighted by molar-refractivity contribution is -0.135. The van der Waals surface area contributed by atoms with Crippen molar-refractivity contribution in [2.45, 2.75) is 6.92 Å². The molecule has 0 aromatic heterocycles. The molecule has 0 bridgehead atoms. The monoisotopic (exact) mass is 217 g/mol. The highest BCUT2D eigenvalue weighted by atomic mass is 35.5. The minimum Gasteiger partial charge on any atom is -0.435 e. The summed E-state index contributed by atoms with van der Waals surface area (Å²) in [5.74, 6) is -0.662. The topological polar surface area (TPSA) is 102 Å². The van der Waals surface area contributed by atoms with Crippen LogP contribution < -0.4 is 11.5 Å². The lowest BCUT2D eigenvalue weighted by atomic mass is 10.8. The van der Waals surface area contributed by atoms with E-state index < -0.39 is 0 Å². The number of carbonyl (C=O) groups is 1. The van der Waals surface area contributed by atoms with E-state index in [4.69, 9.17) is 5.41 Å². The van der Waals surface area contributed by atoms with Crippen LogP contribution in [0.3, 0.4) is 0 Å². The average Bonchev–Trinajstić information content (AvgIpc) is 1.62. The smallest absolute Gasteiger partial charge is 0.307 e. The van der Waals surface area contributed by atoms with Crippen LogP contribution in [0, 0.1) is 5.41 Å². The van der Waals surface area contributed by atoms with Crippen molar-refractivity contribution >= 4 is 36.7 Å². The summed E-state index contributed by atoms with van der Waals surface area (Å²) in [7, 11) is 0. The molecule has 0 aliphatic heterocycles. The third kappa shape index (κ3) is 139. The van der Waals surface area contributed by atoms with Crippen molar-refractivity contribution in [3.8, 4) is 0 Å². The Bertz CT molecular complexity index is 137. The Labute approximate surface area is 83.5 Å². The fourth-order valence-electron chi connectivity index (χ4n) is 0.117. The second kappa shape index (κ2) is 16.6. The van der Waals surface area contributed by atoms with Gasteiger partial charge in [0.25, 0.3) is 0 Å². The van der Waals surface area contributed by atoms with E-state index in [1.165, 1.54) is 6.92 Å². The summed E-state index contributed by atoms with van der Waals surface area (Å²) >= 11 is 0. The molecule has 5 nitrogen and oxygen atoms in total. The summed E-state index contributed by atoms with van der Waals surface area (Å²) < 4.78 is 4.17. The minimum atomic E-state index is -0.333. The van der Waals surface area contributed by atoms with Gasteiger partial charge in [-0.25, -0.2) is 0 Å². The zero-order valence-corrected chi connectivity index (χ0v) is 8.21. The van der Waals surface area contributed by atoms with Crippen LogP contribution in [0.5, 0.6) is 0 Å². The standard InChI is InChI=1S/C4H6O2.CH5N3.2ClH/c1-3-6-4(2)5;2-1(3)4;;/h3H,1H2,2H3;(H5,2,3,4);2*1H. The lowest BCUT2D eigenvalue weighted by Crippen LogP contribution is -2.20. The molecule has 0 unspecified atom stereocenters. The average molecular weight is 218 g/mol. The van der Waals surface area contributed by atoms with Crippen LogP contribution in [0.25, 0.3) is 0 Å². The molecule has 0 atom stereocenters. The fourth-order valence-corrected chi connectivity index (χ4v) is 0.117. The molecular formula is C5H13Cl2N3O2. The third-order valence-corrected chi connectivity index (χ3v) is 0.249. The van der Waals surface area contributed by atoms with Gasteiger partial charge in [-0.15, -0.1) is 24.8 Å². The number of esters is 1. The first-order valence-corrected chi connectivity index (χ1v) is 2.38. The van der Waals surface area contributed by atoms with Gasteiger partial charge >= 0.3 is 5.97 Å². The number of nitrogens with two attached hydrogens (primary N) is 2. The summed E-state index contributed by atoms with van der Waals surface area (Å²) in [6.07, 6.45) is 1.10. The molecule has 0 aromatic rings. The molecule has 0 fully saturated rings. The van der Waals surface area contributed by atoms with E-state index in [0.29, 0.717) is 0 Å². The quantitative estimate of drug-likeness (QED) is 0.256. The molecule has 0 spiro atoms. The Morgan fingerprint density at radius 1 is 1.50 bits per heavy atom. The summed E-state index contributed by atoms with van der Waals surface area (Å²) in [4.78, 5) is 9.75. The number of guanidine groups is 1. The molecule has 0 aliphatic carbocycles. The van der Waals surface area contributed by atoms with E-state index >= 15 is 0 Å². The largest absolute Gasteiger partial charge is 0.435 e. The fraction of sp³-hybridized carbons (Fsp3) is 0.200. The Morgan fingerprint density at radius 2 is 1.75 bits per heavy atom. The van der Waals surface area contributed by atoms with Gasteiger partial charge in [-0.2, -0.15) is 0 Å². The van der Waals surface area contributed by atoms with Crippen molar-refractivity contribution < 1.29 is 9.53 Å². The highest BCUT2D eigenvalue weighted by Gasteiger charge is 1.79. The molecule has 7 heteroatoms. The van der Waals surface area contributed by atoms with Crippen molar-refractivity contribution in [2.24, 2.45) is 11.5 Å². The van der Waals surface area contributed by atoms with Gasteiger partial charge in [0.15, 0.2) is 5.96 Å². The summed E-state index contributed by atoms with van der Waals surface area (Å²) in [6.45, 7) is 4.48. The van der Waals surface area contributed by atoms with Gasteiger partial charge in [0.05, 0.1) is 6.26 Å². The Morgan fingerprint density at radius 3 is 1.75 bits per heavy atom. The van der Waals surface area contributed by atoms with Crippen molar-refractivity contribution in [3.05, 3.63) is 12.8 Å². The zero-order valence-electron chi connectivity index (χ0n) is 6.57. The van der Waals surface area contributed by atoms with Crippen molar-refractivity contribution in [2.75, 3.05) is 0 Å². The number of hydrogen-bond donors (Lipinski definition) is 3. The van der Waals surface area contributed by atoms with Gasteiger partial charge in [0.1, 0.15) is 0 Å². The van der Waals surface area contributed by atoms with Crippen LogP contribution >= 0.6 is 24.8 Å². The van der Waals surface area contributed by atoms with Gasteiger partial charge in [-0.1, -0.05) is 6.58 Å². The van der Waals surface area contributed by atoms with E-state index in [1.54, 1.807) is 0 Å². The van der Waals surface area contributed by atoms with E-state index in [2.05, 4.69) is 22.8 Å². The van der Waals surface area contributed by atoms with Crippen molar-refractivity contribution in [3.63, 3.8) is 0 Å². The summed E-state index contributed by atoms with van der Waals surface area (Å²) in [5, 5.41) is 6.06. The minimum absolute atomic E-state index is 0. The Kier molecular flexibility index (Phi) is 31.0. The first-order valence-electron chi connectivity index (χ1n) is 2.38. The maximum absolute atomic E-state index is 9.75. The zero-order chi connectivity index (χ0) is 8.57. The van der Waals surface area contributed by atoms with Crippen LogP contribution in [0.15, 0.2) is 12.8 Å². The molecule has 0 aliphatic rings. The van der Waals surface area contributed by atoms with E-state index in [9.17, 15) is 4.79 Å². The predicted molar refractivity (Wildman–Crippen MR) is 52.6 cm³/mol. The second-order valence-corrected chi connectivity index (χ2v) is 1.23. The summed E-state index contributed by atoms with van der Waals surface area (Å²) in [5.41, 5.74) is 8.94. The van der Waals surface area contributed by atoms with E-state index in [0.717, 1.165) is 6.26 Å². The Balaban J connectivity index is -0.0000000483. The highest BCUT2D eigenvalue weighted by Crippen LogP contribution is 1.70. The number of rotatable bonds is 1. The molecule has 0 saturated carbocycles. The number of halogens is 2. The van der Waals surface area contributed by atoms with Gasteiger partial charge in [0.2, 0.25) is 0 Å². The normalized spacial score (nSPS) is 5.42. The van der Waals surface area contributed by atoms with Gasteiger partial charge in [-0.05, 0) is 0 Å². The molecule has 0 amide bonds. The molecule has 74 valence electrons. The molecule has 0 saturated heterocycles. The number of ether oxygens (including phenoxy) is 1. The molecule has 0 rings (SSSR count). The van der Waals surface area contributed by atoms with Crippen LogP contribution in [0.2, 0.25) is 0 Å². The first kappa shape index (κ1) is 22.5. The lowest BCUT2D eigenvalue weighted by Gasteiger charge is -1.83. The van der Waals surface area contributed by atoms with Gasteiger partial charge < -0.3 is 16.2 Å². The molecule has 0 heterocycles. The molecule has 12 heavy (non-hydrogen) atoms. The van der Waals surface area contributed by atoms with Crippen LogP contribution in [0.1, 0.15) is 6.92 Å². The maximum atomic E-state index is 9.75. The third-order valence-electron chi connectivity index (χ3n) is 0.249. The molecular weight excluding hydrogens is 205 g/mol. The molecule has 5 N–H and O–H groups in total. The molecule has 0 radical (unpaired) electrons. The number of nitrogens with one attached hydrogen (secondary N) is 1. The van der Waals surface area contributed by atoms with Gasteiger partial charge in [0, 0.05) is 6.92 Å². The van der Waals surface area contributed by atoms with Crippen LogP contribution in [-0.2, 0) is 9.53 Å². The number of carbonyl (C=O) groups excluding carboxylic acids is 1. The summed E-state index contributed by atoms with van der Waals surface area (Å²) in [6, 6.07) is 0. The predicted octanol–water partition coefficient (Wildman–Crippen LogP) is 0.375. The first-order chi connectivity index (χ1) is 4.50. The maximum Gasteiger partial charge on any atom is 0.307 e. The Hall–Kier alpha value is -0.940. The van der Waals surface area contributed by atoms with E-state index in [-0.39, 0.29) is 36.7 Å². The SMILES string of the molecule is C=COC(C)=O.Cl.Cl.N=C(N)N. The van der Waals surface area contributed by atoms with Gasteiger partial charge in [-0.3, -0.25) is 10.2 Å². The second-order valence-electron chi connectivity index (χ2n) is 1.23. The van der Waals surface area contributed by atoms with Crippen molar-refractivity contribution in [1.29, 1.82) is 5.41 Å². The number of hydrogen-bond acceptors (Lipinski definition) is 3. The highest BCUT2D eigenvalue weighted by molar-refractivity contribution is 5.85. The van der Waals surface area contributed by atoms with Crippen LogP contribution in [-0.4, -0.2) is 11.9 Å². The molecule has 0 aromatic carbocycles. The van der Waals surface area contributed by atoms with E-state index in [1.807, 2.05) is 0 Å².